The molecule has 3 amide bonds. The number of likely N-dealkylation sites (tertiary alicyclic amines) is 1. The lowest BCUT2D eigenvalue weighted by Gasteiger charge is -2.24. The molecule has 10 nitrogen and oxygen atoms in total. The van der Waals surface area contributed by atoms with Gasteiger partial charge in [-0.15, -0.1) is 0 Å². The number of hydrogen-bond acceptors (Lipinski definition) is 6. The SMILES string of the molecule is CC(C)(C)OC(=O)N1CC[C@@H](NC(=O)Nc2ccc3ncc(-c4cn[nH]c4)cc3n2)C1. The summed E-state index contributed by atoms with van der Waals surface area (Å²) in [5, 5.41) is 12.4. The summed E-state index contributed by atoms with van der Waals surface area (Å²) in [5.41, 5.74) is 2.62. The van der Waals surface area contributed by atoms with E-state index in [0.717, 1.165) is 16.6 Å². The second-order valence-electron chi connectivity index (χ2n) is 8.46. The summed E-state index contributed by atoms with van der Waals surface area (Å²) in [6.45, 7) is 6.43. The number of carbonyl (C=O) groups excluding carboxylic acids is 2. The molecule has 0 radical (unpaired) electrons. The van der Waals surface area contributed by atoms with Gasteiger partial charge in [-0.1, -0.05) is 0 Å². The maximum atomic E-state index is 12.4. The molecule has 0 saturated carbocycles. The van der Waals surface area contributed by atoms with Crippen molar-refractivity contribution in [3.05, 3.63) is 36.8 Å². The summed E-state index contributed by atoms with van der Waals surface area (Å²) in [4.78, 5) is 35.1. The van der Waals surface area contributed by atoms with Crippen LogP contribution in [0.1, 0.15) is 27.2 Å². The fraction of sp³-hybridized carbons (Fsp3) is 0.381. The maximum Gasteiger partial charge on any atom is 0.410 e. The van der Waals surface area contributed by atoms with E-state index in [1.807, 2.05) is 26.8 Å². The lowest BCUT2D eigenvalue weighted by atomic mass is 10.1. The van der Waals surface area contributed by atoms with Gasteiger partial charge in [-0.25, -0.2) is 14.6 Å². The van der Waals surface area contributed by atoms with Crippen LogP contribution >= 0.6 is 0 Å². The average molecular weight is 423 g/mol. The lowest BCUT2D eigenvalue weighted by molar-refractivity contribution is 0.0291. The van der Waals surface area contributed by atoms with Crippen LogP contribution in [0.25, 0.3) is 22.2 Å². The monoisotopic (exact) mass is 423 g/mol. The van der Waals surface area contributed by atoms with Crippen LogP contribution < -0.4 is 10.6 Å². The number of fused-ring (bicyclic) bond motifs is 1. The van der Waals surface area contributed by atoms with Gasteiger partial charge >= 0.3 is 12.1 Å². The highest BCUT2D eigenvalue weighted by molar-refractivity contribution is 5.90. The van der Waals surface area contributed by atoms with Crippen LogP contribution in [0.4, 0.5) is 15.4 Å². The summed E-state index contributed by atoms with van der Waals surface area (Å²) >= 11 is 0. The van der Waals surface area contributed by atoms with Crippen molar-refractivity contribution in [1.82, 2.24) is 30.4 Å². The molecular weight excluding hydrogens is 398 g/mol. The molecule has 1 aliphatic rings. The molecule has 3 aromatic rings. The molecule has 4 heterocycles. The number of H-pyrrole nitrogens is 1. The quantitative estimate of drug-likeness (QED) is 0.594. The van der Waals surface area contributed by atoms with E-state index in [9.17, 15) is 9.59 Å². The number of anilines is 1. The Morgan fingerprint density at radius 3 is 2.77 bits per heavy atom. The van der Waals surface area contributed by atoms with Gasteiger partial charge in [0.1, 0.15) is 11.4 Å². The normalized spacial score (nSPS) is 16.4. The number of urea groups is 1. The molecule has 0 aromatic carbocycles. The molecule has 162 valence electrons. The van der Waals surface area contributed by atoms with Gasteiger partial charge in [-0.3, -0.25) is 15.4 Å². The number of aromatic amines is 1. The van der Waals surface area contributed by atoms with E-state index in [1.165, 1.54) is 0 Å². The Bertz CT molecular complexity index is 1090. The predicted octanol–water partition coefficient (Wildman–Crippen LogP) is 3.15. The highest BCUT2D eigenvalue weighted by atomic mass is 16.6. The first kappa shape index (κ1) is 20.6. The number of pyridine rings is 2. The van der Waals surface area contributed by atoms with Gasteiger partial charge in [0.05, 0.1) is 17.2 Å². The van der Waals surface area contributed by atoms with E-state index in [0.29, 0.717) is 30.8 Å². The molecule has 1 atom stereocenters. The van der Waals surface area contributed by atoms with Crippen molar-refractivity contribution >= 4 is 29.0 Å². The Labute approximate surface area is 179 Å². The van der Waals surface area contributed by atoms with Crippen LogP contribution in [-0.2, 0) is 4.74 Å². The Hall–Kier alpha value is -3.69. The standard InChI is InChI=1S/C21H25N7O3/c1-21(2,3)31-20(30)28-7-6-15(12-28)25-19(29)27-18-5-4-16-17(26-18)8-13(9-22-16)14-10-23-24-11-14/h4-5,8-11,15H,6-7,12H2,1-3H3,(H,23,24)(H2,25,26,27,29)/t15-/m1/s1. The molecule has 0 spiro atoms. The topological polar surface area (TPSA) is 125 Å². The summed E-state index contributed by atoms with van der Waals surface area (Å²) in [6.07, 6.45) is 5.54. The third kappa shape index (κ3) is 5.08. The third-order valence-corrected chi connectivity index (χ3v) is 4.79. The molecule has 10 heteroatoms. The van der Waals surface area contributed by atoms with Crippen LogP contribution in [0.2, 0.25) is 0 Å². The minimum atomic E-state index is -0.548. The van der Waals surface area contributed by atoms with E-state index in [-0.39, 0.29) is 18.2 Å². The number of rotatable bonds is 3. The summed E-state index contributed by atoms with van der Waals surface area (Å²) in [6, 6.07) is 4.88. The zero-order valence-electron chi connectivity index (χ0n) is 17.7. The van der Waals surface area contributed by atoms with Crippen LogP contribution in [0, 0.1) is 0 Å². The first-order valence-electron chi connectivity index (χ1n) is 10.1. The van der Waals surface area contributed by atoms with Crippen LogP contribution in [0.15, 0.2) is 36.8 Å². The smallest absolute Gasteiger partial charge is 0.410 e. The highest BCUT2D eigenvalue weighted by Crippen LogP contribution is 2.22. The Balaban J connectivity index is 1.37. The van der Waals surface area contributed by atoms with Gasteiger partial charge < -0.3 is 15.0 Å². The number of nitrogens with zero attached hydrogens (tertiary/aromatic N) is 4. The average Bonchev–Trinajstić information content (AvgIpc) is 3.38. The molecule has 4 rings (SSSR count). The number of ether oxygens (including phenoxy) is 1. The molecule has 0 unspecified atom stereocenters. The molecule has 1 fully saturated rings. The van der Waals surface area contributed by atoms with Gasteiger partial charge in [0, 0.05) is 42.7 Å². The maximum absolute atomic E-state index is 12.4. The number of nitrogens with one attached hydrogen (secondary N) is 3. The van der Waals surface area contributed by atoms with Gasteiger partial charge in [-0.05, 0) is 45.4 Å². The van der Waals surface area contributed by atoms with Gasteiger partial charge in [0.2, 0.25) is 0 Å². The van der Waals surface area contributed by atoms with E-state index in [2.05, 4.69) is 30.8 Å². The van der Waals surface area contributed by atoms with Gasteiger partial charge in [0.25, 0.3) is 0 Å². The minimum Gasteiger partial charge on any atom is -0.444 e. The Morgan fingerprint density at radius 1 is 1.19 bits per heavy atom. The van der Waals surface area contributed by atoms with Crippen molar-refractivity contribution in [3.63, 3.8) is 0 Å². The van der Waals surface area contributed by atoms with Crippen molar-refractivity contribution in [2.75, 3.05) is 18.4 Å². The molecule has 3 N–H and O–H groups in total. The zero-order chi connectivity index (χ0) is 22.0. The van der Waals surface area contributed by atoms with Gasteiger partial charge in [0.15, 0.2) is 0 Å². The van der Waals surface area contributed by atoms with E-state index in [4.69, 9.17) is 4.74 Å². The first-order chi connectivity index (χ1) is 14.8. The highest BCUT2D eigenvalue weighted by Gasteiger charge is 2.30. The zero-order valence-corrected chi connectivity index (χ0v) is 17.7. The second kappa shape index (κ2) is 8.21. The molecule has 1 saturated heterocycles. The van der Waals surface area contributed by atoms with Crippen molar-refractivity contribution in [3.8, 4) is 11.1 Å². The number of hydrogen-bond donors (Lipinski definition) is 3. The molecule has 1 aliphatic heterocycles. The predicted molar refractivity (Wildman–Crippen MR) is 115 cm³/mol. The van der Waals surface area contributed by atoms with Crippen LogP contribution in [-0.4, -0.2) is 61.9 Å². The second-order valence-corrected chi connectivity index (χ2v) is 8.46. The number of aromatic nitrogens is 4. The molecule has 0 bridgehead atoms. The molecule has 3 aromatic heterocycles. The van der Waals surface area contributed by atoms with E-state index < -0.39 is 5.60 Å². The number of carbonyl (C=O) groups is 2. The summed E-state index contributed by atoms with van der Waals surface area (Å²) in [5.74, 6) is 0.415. The molecule has 0 aliphatic carbocycles. The molecule has 31 heavy (non-hydrogen) atoms. The number of amides is 3. The van der Waals surface area contributed by atoms with Gasteiger partial charge in [-0.2, -0.15) is 5.10 Å². The largest absolute Gasteiger partial charge is 0.444 e. The van der Waals surface area contributed by atoms with Crippen LogP contribution in [0.3, 0.4) is 0 Å². The van der Waals surface area contributed by atoms with Crippen molar-refractivity contribution in [2.24, 2.45) is 0 Å². The molecular formula is C21H25N7O3. The minimum absolute atomic E-state index is 0.151. The van der Waals surface area contributed by atoms with E-state index in [1.54, 1.807) is 35.6 Å². The van der Waals surface area contributed by atoms with Crippen LogP contribution in [0.5, 0.6) is 0 Å². The van der Waals surface area contributed by atoms with E-state index >= 15 is 0 Å². The Kier molecular flexibility index (Phi) is 5.45. The lowest BCUT2D eigenvalue weighted by Crippen LogP contribution is -2.41. The fourth-order valence-corrected chi connectivity index (χ4v) is 3.35. The van der Waals surface area contributed by atoms with Crippen molar-refractivity contribution < 1.29 is 14.3 Å². The summed E-state index contributed by atoms with van der Waals surface area (Å²) < 4.78 is 5.38. The first-order valence-corrected chi connectivity index (χ1v) is 10.1. The fourth-order valence-electron chi connectivity index (χ4n) is 3.35. The van der Waals surface area contributed by atoms with Crippen molar-refractivity contribution in [2.45, 2.75) is 38.8 Å². The third-order valence-electron chi connectivity index (χ3n) is 4.79. The van der Waals surface area contributed by atoms with Crippen molar-refractivity contribution in [1.29, 1.82) is 0 Å². The summed E-state index contributed by atoms with van der Waals surface area (Å²) in [7, 11) is 0. The Morgan fingerprint density at radius 2 is 2.03 bits per heavy atom.